The Bertz CT molecular complexity index is 408. The Hall–Kier alpha value is -1.20. The first-order valence-electron chi connectivity index (χ1n) is 6.66. The van der Waals surface area contributed by atoms with Gasteiger partial charge in [-0.25, -0.2) is 4.98 Å². The van der Waals surface area contributed by atoms with E-state index in [9.17, 15) is 0 Å². The van der Waals surface area contributed by atoms with Gasteiger partial charge in [-0.05, 0) is 26.3 Å². The lowest BCUT2D eigenvalue weighted by molar-refractivity contribution is 0.254. The van der Waals surface area contributed by atoms with Crippen LogP contribution in [-0.4, -0.2) is 52.2 Å². The number of nitrogens with zero attached hydrogens (tertiary/aromatic N) is 4. The Labute approximate surface area is 107 Å². The van der Waals surface area contributed by atoms with E-state index < -0.39 is 0 Å². The highest BCUT2D eigenvalue weighted by Gasteiger charge is 2.34. The highest BCUT2D eigenvalue weighted by atomic mass is 16.3. The molecule has 98 valence electrons. The van der Waals surface area contributed by atoms with Crippen LogP contribution in [0, 0.1) is 0 Å². The van der Waals surface area contributed by atoms with Crippen LogP contribution in [0.4, 0.5) is 5.82 Å². The van der Waals surface area contributed by atoms with Crippen LogP contribution < -0.4 is 4.90 Å². The molecule has 1 aromatic heterocycles. The summed E-state index contributed by atoms with van der Waals surface area (Å²) in [5.74, 6) is 0.938. The van der Waals surface area contributed by atoms with Crippen LogP contribution in [-0.2, 0) is 6.61 Å². The second kappa shape index (κ2) is 4.82. The third kappa shape index (κ3) is 2.08. The lowest BCUT2D eigenvalue weighted by Crippen LogP contribution is -2.37. The van der Waals surface area contributed by atoms with Crippen LogP contribution in [0.15, 0.2) is 12.4 Å². The van der Waals surface area contributed by atoms with Gasteiger partial charge in [0.2, 0.25) is 0 Å². The maximum atomic E-state index is 8.98. The predicted molar refractivity (Wildman–Crippen MR) is 69.4 cm³/mol. The molecule has 2 aliphatic rings. The van der Waals surface area contributed by atoms with Crippen LogP contribution in [0.1, 0.15) is 25.0 Å². The predicted octanol–water partition coefficient (Wildman–Crippen LogP) is 0.642. The van der Waals surface area contributed by atoms with E-state index in [2.05, 4.69) is 26.8 Å². The molecule has 5 nitrogen and oxygen atoms in total. The maximum Gasteiger partial charge on any atom is 0.147 e. The fourth-order valence-corrected chi connectivity index (χ4v) is 3.11. The Morgan fingerprint density at radius 3 is 2.78 bits per heavy atom. The minimum atomic E-state index is -0.0410. The fraction of sp³-hybridized carbons (Fsp3) is 0.692. The van der Waals surface area contributed by atoms with Crippen molar-refractivity contribution < 1.29 is 5.11 Å². The summed E-state index contributed by atoms with van der Waals surface area (Å²) in [5, 5.41) is 8.98. The number of aromatic nitrogens is 2. The van der Waals surface area contributed by atoms with Crippen molar-refractivity contribution in [3.8, 4) is 0 Å². The summed E-state index contributed by atoms with van der Waals surface area (Å²) in [4.78, 5) is 13.5. The molecule has 0 aromatic carbocycles. The lowest BCUT2D eigenvalue weighted by Gasteiger charge is -2.26. The molecule has 5 heteroatoms. The number of hydrogen-bond donors (Lipinski definition) is 1. The van der Waals surface area contributed by atoms with Crippen molar-refractivity contribution in [3.05, 3.63) is 18.1 Å². The molecule has 2 atom stereocenters. The topological polar surface area (TPSA) is 52.5 Å². The van der Waals surface area contributed by atoms with Crippen LogP contribution in [0.3, 0.4) is 0 Å². The Morgan fingerprint density at radius 1 is 1.22 bits per heavy atom. The van der Waals surface area contributed by atoms with Gasteiger partial charge in [-0.2, -0.15) is 0 Å². The van der Waals surface area contributed by atoms with Crippen molar-refractivity contribution in [1.29, 1.82) is 0 Å². The minimum absolute atomic E-state index is 0.0410. The summed E-state index contributed by atoms with van der Waals surface area (Å²) in [6.45, 7) is 2.06. The van der Waals surface area contributed by atoms with Gasteiger partial charge in [0, 0.05) is 25.2 Å². The van der Waals surface area contributed by atoms with Gasteiger partial charge in [-0.1, -0.05) is 0 Å². The first kappa shape index (κ1) is 11.9. The highest BCUT2D eigenvalue weighted by molar-refractivity contribution is 5.36. The zero-order chi connectivity index (χ0) is 12.5. The van der Waals surface area contributed by atoms with E-state index in [0.717, 1.165) is 24.9 Å². The number of rotatable bonds is 2. The van der Waals surface area contributed by atoms with Gasteiger partial charge in [0.15, 0.2) is 0 Å². The molecule has 2 bridgehead atoms. The van der Waals surface area contributed by atoms with Crippen molar-refractivity contribution in [3.63, 3.8) is 0 Å². The molecule has 18 heavy (non-hydrogen) atoms. The molecule has 2 saturated heterocycles. The van der Waals surface area contributed by atoms with E-state index in [1.54, 1.807) is 12.4 Å². The van der Waals surface area contributed by atoms with Crippen molar-refractivity contribution in [2.24, 2.45) is 0 Å². The third-order valence-corrected chi connectivity index (χ3v) is 4.33. The van der Waals surface area contributed by atoms with Crippen LogP contribution >= 0.6 is 0 Å². The van der Waals surface area contributed by atoms with Crippen molar-refractivity contribution in [2.75, 3.05) is 25.0 Å². The summed E-state index contributed by atoms with van der Waals surface area (Å²) in [6.07, 6.45) is 7.28. The van der Waals surface area contributed by atoms with E-state index in [0.29, 0.717) is 11.7 Å². The second-order valence-corrected chi connectivity index (χ2v) is 5.31. The molecule has 1 N–H and O–H groups in total. The van der Waals surface area contributed by atoms with Gasteiger partial charge >= 0.3 is 0 Å². The van der Waals surface area contributed by atoms with Gasteiger partial charge in [-0.3, -0.25) is 9.88 Å². The van der Waals surface area contributed by atoms with E-state index in [1.807, 2.05) is 0 Å². The quantitative estimate of drug-likeness (QED) is 0.832. The average Bonchev–Trinajstić information content (AvgIpc) is 2.64. The smallest absolute Gasteiger partial charge is 0.147 e. The van der Waals surface area contributed by atoms with Gasteiger partial charge in [-0.15, -0.1) is 0 Å². The van der Waals surface area contributed by atoms with Crippen LogP contribution in [0.25, 0.3) is 0 Å². The Kier molecular flexibility index (Phi) is 3.18. The molecule has 0 radical (unpaired) electrons. The zero-order valence-corrected chi connectivity index (χ0v) is 10.8. The molecule has 2 unspecified atom stereocenters. The molecule has 1 aromatic rings. The summed E-state index contributed by atoms with van der Waals surface area (Å²) >= 11 is 0. The normalized spacial score (nSPS) is 28.4. The van der Waals surface area contributed by atoms with Gasteiger partial charge in [0.25, 0.3) is 0 Å². The number of anilines is 1. The van der Waals surface area contributed by atoms with E-state index >= 15 is 0 Å². The number of likely N-dealkylation sites (N-methyl/N-ethyl adjacent to an activating group) is 1. The number of aliphatic hydroxyl groups excluding tert-OH is 1. The second-order valence-electron chi connectivity index (χ2n) is 5.31. The molecular formula is C13H20N4O. The van der Waals surface area contributed by atoms with E-state index in [4.69, 9.17) is 5.11 Å². The summed E-state index contributed by atoms with van der Waals surface area (Å²) < 4.78 is 0. The number of fused-ring (bicyclic) bond motifs is 2. The molecule has 0 aliphatic carbocycles. The fourth-order valence-electron chi connectivity index (χ4n) is 3.11. The maximum absolute atomic E-state index is 8.98. The monoisotopic (exact) mass is 248 g/mol. The van der Waals surface area contributed by atoms with Crippen molar-refractivity contribution in [1.82, 2.24) is 14.9 Å². The zero-order valence-electron chi connectivity index (χ0n) is 10.8. The van der Waals surface area contributed by atoms with Gasteiger partial charge in [0.05, 0.1) is 24.7 Å². The Morgan fingerprint density at radius 2 is 2.06 bits per heavy atom. The molecule has 3 rings (SSSR count). The molecule has 0 saturated carbocycles. The first-order chi connectivity index (χ1) is 8.78. The standard InChI is InChI=1S/C13H20N4O/c1-16-11-2-3-12(16)8-17(5-4-11)13-7-14-10(9-18)6-15-13/h6-7,11-12,18H,2-5,8-9H2,1H3. The summed E-state index contributed by atoms with van der Waals surface area (Å²) in [5.41, 5.74) is 0.632. The van der Waals surface area contributed by atoms with E-state index in [-0.39, 0.29) is 6.61 Å². The molecular weight excluding hydrogens is 228 g/mol. The average molecular weight is 248 g/mol. The molecule has 2 aliphatic heterocycles. The van der Waals surface area contributed by atoms with Crippen LogP contribution in [0.2, 0.25) is 0 Å². The van der Waals surface area contributed by atoms with Crippen LogP contribution in [0.5, 0.6) is 0 Å². The summed E-state index contributed by atoms with van der Waals surface area (Å²) in [7, 11) is 2.24. The molecule has 0 spiro atoms. The molecule has 0 amide bonds. The van der Waals surface area contributed by atoms with Gasteiger partial charge in [0.1, 0.15) is 5.82 Å². The van der Waals surface area contributed by atoms with Crippen molar-refractivity contribution in [2.45, 2.75) is 38.0 Å². The first-order valence-corrected chi connectivity index (χ1v) is 6.66. The minimum Gasteiger partial charge on any atom is -0.390 e. The molecule has 3 heterocycles. The largest absolute Gasteiger partial charge is 0.390 e. The number of hydrogen-bond acceptors (Lipinski definition) is 5. The van der Waals surface area contributed by atoms with E-state index in [1.165, 1.54) is 19.3 Å². The molecule has 2 fully saturated rings. The highest BCUT2D eigenvalue weighted by Crippen LogP contribution is 2.29. The lowest BCUT2D eigenvalue weighted by atomic mass is 10.1. The Balaban J connectivity index is 1.76. The third-order valence-electron chi connectivity index (χ3n) is 4.33. The number of aliphatic hydroxyl groups is 1. The van der Waals surface area contributed by atoms with Crippen molar-refractivity contribution >= 4 is 5.82 Å². The SMILES string of the molecule is CN1C2CCC1CN(c1cnc(CO)cn1)CC2. The summed E-state index contributed by atoms with van der Waals surface area (Å²) in [6, 6.07) is 1.39. The van der Waals surface area contributed by atoms with Gasteiger partial charge < -0.3 is 10.0 Å².